The number of Topliss-reactive ketones (excluding diaryl/α,β-unsaturated/α-hetero) is 1. The third-order valence-electron chi connectivity index (χ3n) is 7.14. The average Bonchev–Trinajstić information content (AvgIpc) is 3.43. The fraction of sp³-hybridized carbons (Fsp3) is 0.312. The van der Waals surface area contributed by atoms with E-state index in [0.717, 1.165) is 29.8 Å². The van der Waals surface area contributed by atoms with E-state index in [1.165, 1.54) is 0 Å². The van der Waals surface area contributed by atoms with Crippen molar-refractivity contribution < 1.29 is 24.2 Å². The van der Waals surface area contributed by atoms with Crippen LogP contribution >= 0.6 is 0 Å². The van der Waals surface area contributed by atoms with Crippen LogP contribution in [0.4, 0.5) is 0 Å². The van der Waals surface area contributed by atoms with Crippen LogP contribution in [0.1, 0.15) is 41.6 Å². The molecule has 39 heavy (non-hydrogen) atoms. The molecule has 7 nitrogen and oxygen atoms in total. The predicted octanol–water partition coefficient (Wildman–Crippen LogP) is 4.96. The molecule has 0 radical (unpaired) electrons. The zero-order valence-electron chi connectivity index (χ0n) is 22.6. The monoisotopic (exact) mass is 526 g/mol. The number of carbonyl (C=O) groups excluding carboxylic acids is 2. The summed E-state index contributed by atoms with van der Waals surface area (Å²) in [6.07, 6.45) is 1.47. The second-order valence-corrected chi connectivity index (χ2v) is 10.5. The van der Waals surface area contributed by atoms with Crippen molar-refractivity contribution >= 4 is 17.4 Å². The summed E-state index contributed by atoms with van der Waals surface area (Å²) in [6, 6.07) is 22.0. The Morgan fingerprint density at radius 1 is 1.05 bits per heavy atom. The van der Waals surface area contributed by atoms with E-state index >= 15 is 0 Å². The van der Waals surface area contributed by atoms with E-state index in [1.807, 2.05) is 92.6 Å². The van der Waals surface area contributed by atoms with Gasteiger partial charge >= 0.3 is 0 Å². The van der Waals surface area contributed by atoms with Crippen LogP contribution in [0.2, 0.25) is 0 Å². The summed E-state index contributed by atoms with van der Waals surface area (Å²) >= 11 is 0. The molecule has 5 rings (SSSR count). The summed E-state index contributed by atoms with van der Waals surface area (Å²) in [4.78, 5) is 30.3. The molecule has 1 N–H and O–H groups in total. The fourth-order valence-electron chi connectivity index (χ4n) is 5.25. The highest BCUT2D eigenvalue weighted by molar-refractivity contribution is 6.46. The van der Waals surface area contributed by atoms with E-state index in [2.05, 4.69) is 0 Å². The number of aliphatic hydroxyl groups is 1. The van der Waals surface area contributed by atoms with E-state index in [0.29, 0.717) is 36.4 Å². The second-order valence-electron chi connectivity index (χ2n) is 10.5. The zero-order valence-corrected chi connectivity index (χ0v) is 22.6. The van der Waals surface area contributed by atoms with Gasteiger partial charge in [-0.25, -0.2) is 0 Å². The largest absolute Gasteiger partial charge is 0.507 e. The molecule has 2 atom stereocenters. The van der Waals surface area contributed by atoms with Crippen molar-refractivity contribution in [3.8, 4) is 11.5 Å². The Bertz CT molecular complexity index is 1400. The maximum atomic E-state index is 13.4. The Morgan fingerprint density at radius 2 is 1.85 bits per heavy atom. The van der Waals surface area contributed by atoms with Crippen LogP contribution < -0.4 is 9.47 Å². The maximum absolute atomic E-state index is 13.4. The number of amides is 1. The molecule has 1 amide bonds. The standard InChI is InChI=1S/C32H34N2O5/c1-21-17-25-18-24(13-14-27(25)39-21)30(35)28-29(34(32(37)31(28)36)16-8-15-33(2)3)23-11-7-12-26(19-23)38-20-22-9-5-4-6-10-22/h4-7,9-14,18-19,21,29,35H,8,15-17,20H2,1-3H3. The van der Waals surface area contributed by atoms with E-state index in [4.69, 9.17) is 9.47 Å². The van der Waals surface area contributed by atoms with Gasteiger partial charge in [-0.05, 0) is 81.0 Å². The molecule has 0 saturated carbocycles. The van der Waals surface area contributed by atoms with Crippen LogP contribution in [-0.4, -0.2) is 59.9 Å². The van der Waals surface area contributed by atoms with Crippen LogP contribution in [-0.2, 0) is 22.6 Å². The van der Waals surface area contributed by atoms with Crippen molar-refractivity contribution in [2.45, 2.75) is 38.5 Å². The van der Waals surface area contributed by atoms with Gasteiger partial charge in [0.25, 0.3) is 11.7 Å². The first-order chi connectivity index (χ1) is 18.8. The summed E-state index contributed by atoms with van der Waals surface area (Å²) in [6.45, 7) is 3.53. The molecule has 3 aromatic rings. The minimum atomic E-state index is -0.726. The highest BCUT2D eigenvalue weighted by atomic mass is 16.5. The van der Waals surface area contributed by atoms with E-state index < -0.39 is 17.7 Å². The second kappa shape index (κ2) is 11.3. The van der Waals surface area contributed by atoms with Crippen molar-refractivity contribution in [1.29, 1.82) is 0 Å². The van der Waals surface area contributed by atoms with Gasteiger partial charge in [-0.15, -0.1) is 0 Å². The lowest BCUT2D eigenvalue weighted by molar-refractivity contribution is -0.139. The summed E-state index contributed by atoms with van der Waals surface area (Å²) in [7, 11) is 3.94. The van der Waals surface area contributed by atoms with Gasteiger partial charge in [0.2, 0.25) is 0 Å². The van der Waals surface area contributed by atoms with Crippen LogP contribution in [0, 0.1) is 0 Å². The van der Waals surface area contributed by atoms with Gasteiger partial charge in [-0.3, -0.25) is 9.59 Å². The van der Waals surface area contributed by atoms with Gasteiger partial charge in [0.1, 0.15) is 30.0 Å². The molecule has 1 saturated heterocycles. The lowest BCUT2D eigenvalue weighted by Crippen LogP contribution is -2.32. The molecule has 0 aliphatic carbocycles. The lowest BCUT2D eigenvalue weighted by atomic mass is 9.94. The van der Waals surface area contributed by atoms with Crippen LogP contribution in [0.3, 0.4) is 0 Å². The fourth-order valence-corrected chi connectivity index (χ4v) is 5.25. The van der Waals surface area contributed by atoms with Gasteiger partial charge in [0.05, 0.1) is 11.6 Å². The first-order valence-corrected chi connectivity index (χ1v) is 13.3. The lowest BCUT2D eigenvalue weighted by Gasteiger charge is -2.26. The van der Waals surface area contributed by atoms with E-state index in [-0.39, 0.29) is 17.4 Å². The SMILES string of the molecule is CC1Cc2cc(C(O)=C3C(=O)C(=O)N(CCCN(C)C)C3c3cccc(OCc4ccccc4)c3)ccc2O1. The van der Waals surface area contributed by atoms with Crippen molar-refractivity contribution in [1.82, 2.24) is 9.80 Å². The maximum Gasteiger partial charge on any atom is 0.295 e. The number of hydrogen-bond donors (Lipinski definition) is 1. The quantitative estimate of drug-likeness (QED) is 0.241. The highest BCUT2D eigenvalue weighted by Gasteiger charge is 2.46. The minimum Gasteiger partial charge on any atom is -0.507 e. The number of benzene rings is 3. The van der Waals surface area contributed by atoms with Crippen molar-refractivity contribution in [2.24, 2.45) is 0 Å². The summed E-state index contributed by atoms with van der Waals surface area (Å²) in [5.41, 5.74) is 3.31. The van der Waals surface area contributed by atoms with E-state index in [9.17, 15) is 14.7 Å². The number of nitrogens with zero attached hydrogens (tertiary/aromatic N) is 2. The first kappa shape index (κ1) is 26.5. The molecule has 2 unspecified atom stereocenters. The summed E-state index contributed by atoms with van der Waals surface area (Å²) in [5.74, 6) is -0.0505. The highest BCUT2D eigenvalue weighted by Crippen LogP contribution is 2.41. The summed E-state index contributed by atoms with van der Waals surface area (Å²) < 4.78 is 11.8. The molecule has 2 aliphatic heterocycles. The Morgan fingerprint density at radius 3 is 2.62 bits per heavy atom. The van der Waals surface area contributed by atoms with Gasteiger partial charge in [0.15, 0.2) is 0 Å². The number of likely N-dealkylation sites (tertiary alicyclic amines) is 1. The number of carbonyl (C=O) groups is 2. The van der Waals surface area contributed by atoms with Gasteiger partial charge < -0.3 is 24.4 Å². The van der Waals surface area contributed by atoms with Crippen LogP contribution in [0.25, 0.3) is 5.76 Å². The van der Waals surface area contributed by atoms with Crippen molar-refractivity contribution in [3.05, 3.63) is 101 Å². The Labute approximate surface area is 229 Å². The molecular weight excluding hydrogens is 492 g/mol. The van der Waals surface area contributed by atoms with Gasteiger partial charge in [0, 0.05) is 18.5 Å². The smallest absolute Gasteiger partial charge is 0.295 e. The number of ether oxygens (including phenoxy) is 2. The Kier molecular flexibility index (Phi) is 7.70. The normalized spacial score (nSPS) is 19.8. The van der Waals surface area contributed by atoms with Crippen molar-refractivity contribution in [2.75, 3.05) is 27.2 Å². The number of rotatable bonds is 9. The van der Waals surface area contributed by atoms with Gasteiger partial charge in [-0.2, -0.15) is 0 Å². The first-order valence-electron chi connectivity index (χ1n) is 13.3. The molecule has 7 heteroatoms. The molecule has 2 aliphatic rings. The minimum absolute atomic E-state index is 0.0540. The zero-order chi connectivity index (χ0) is 27.5. The van der Waals surface area contributed by atoms with E-state index in [1.54, 1.807) is 11.0 Å². The third kappa shape index (κ3) is 5.68. The Balaban J connectivity index is 1.52. The molecule has 1 fully saturated rings. The summed E-state index contributed by atoms with van der Waals surface area (Å²) in [5, 5.41) is 11.5. The average molecular weight is 527 g/mol. The number of hydrogen-bond acceptors (Lipinski definition) is 6. The molecule has 2 heterocycles. The number of aliphatic hydroxyl groups excluding tert-OH is 1. The topological polar surface area (TPSA) is 79.3 Å². The predicted molar refractivity (Wildman–Crippen MR) is 150 cm³/mol. The molecule has 202 valence electrons. The molecule has 0 bridgehead atoms. The molecule has 0 aromatic heterocycles. The molecular formula is C32H34N2O5. The number of ketones is 1. The van der Waals surface area contributed by atoms with Crippen molar-refractivity contribution in [3.63, 3.8) is 0 Å². The van der Waals surface area contributed by atoms with Crippen LogP contribution in [0.15, 0.2) is 78.4 Å². The third-order valence-corrected chi connectivity index (χ3v) is 7.14. The van der Waals surface area contributed by atoms with Crippen LogP contribution in [0.5, 0.6) is 11.5 Å². The molecule has 3 aromatic carbocycles. The molecule has 0 spiro atoms. The number of fused-ring (bicyclic) bond motifs is 1. The Hall–Kier alpha value is -4.10. The van der Waals surface area contributed by atoms with Gasteiger partial charge in [-0.1, -0.05) is 42.5 Å².